The highest BCUT2D eigenvalue weighted by atomic mass is 32.2. The number of rotatable bonds is 4. The molecule has 0 radical (unpaired) electrons. The number of hydrogen-bond donors (Lipinski definition) is 1. The van der Waals surface area contributed by atoms with Crippen LogP contribution < -0.4 is 5.32 Å². The molecule has 6 heteroatoms. The molecular weight excluding hydrogens is 180 g/mol. The number of hydrogen-bond acceptors (Lipinski definition) is 4. The highest BCUT2D eigenvalue weighted by Gasteiger charge is 1.97. The molecule has 0 aromatic heterocycles. The molecule has 0 aliphatic heterocycles. The molecule has 0 saturated heterocycles. The summed E-state index contributed by atoms with van der Waals surface area (Å²) in [7, 11) is -2.39. The van der Waals surface area contributed by atoms with E-state index in [1.54, 1.807) is 6.92 Å². The smallest absolute Gasteiger partial charge is 0.311 e. The quantitative estimate of drug-likeness (QED) is 0.490. The van der Waals surface area contributed by atoms with Gasteiger partial charge in [-0.2, -0.15) is 12.8 Å². The molecule has 0 spiro atoms. The number of carbonyl (C=O) groups excluding carboxylic acids is 1. The Morgan fingerprint density at radius 2 is 2.17 bits per heavy atom. The van der Waals surface area contributed by atoms with E-state index < -0.39 is 10.5 Å². The van der Waals surface area contributed by atoms with Gasteiger partial charge in [-0.3, -0.25) is 4.79 Å². The number of amides is 1. The second-order valence-corrected chi connectivity index (χ2v) is 2.80. The topological polar surface area (TPSA) is 75.6 Å². The molecule has 0 bridgehead atoms. The van der Waals surface area contributed by atoms with Crippen molar-refractivity contribution >= 4 is 16.4 Å². The van der Waals surface area contributed by atoms with Crippen LogP contribution in [0.1, 0.15) is 6.92 Å². The molecule has 0 fully saturated rings. The normalized spacial score (nSPS) is 8.75. The van der Waals surface area contributed by atoms with Gasteiger partial charge in [0.15, 0.2) is 0 Å². The maximum atomic E-state index is 10.8. The highest BCUT2D eigenvalue weighted by molar-refractivity contribution is 7.61. The maximum absolute atomic E-state index is 10.8. The molecule has 0 unspecified atom stereocenters. The first-order chi connectivity index (χ1) is 5.54. The maximum Gasteiger partial charge on any atom is 0.311 e. The molecular formula is C6H10N2O3S. The Morgan fingerprint density at radius 3 is 2.58 bits per heavy atom. The van der Waals surface area contributed by atoms with E-state index in [9.17, 15) is 13.2 Å². The summed E-state index contributed by atoms with van der Waals surface area (Å²) in [6, 6.07) is 0. The minimum Gasteiger partial charge on any atom is -0.350 e. The Labute approximate surface area is 72.2 Å². The Hall–Kier alpha value is -1.17. The van der Waals surface area contributed by atoms with Crippen molar-refractivity contribution < 1.29 is 13.2 Å². The molecule has 68 valence electrons. The van der Waals surface area contributed by atoms with Crippen molar-refractivity contribution in [3.05, 3.63) is 12.2 Å². The van der Waals surface area contributed by atoms with Gasteiger partial charge in [0.05, 0.1) is 6.54 Å². The van der Waals surface area contributed by atoms with Crippen LogP contribution in [0.15, 0.2) is 16.5 Å². The van der Waals surface area contributed by atoms with E-state index in [-0.39, 0.29) is 19.0 Å². The molecule has 5 nitrogen and oxygen atoms in total. The lowest BCUT2D eigenvalue weighted by Crippen LogP contribution is -2.26. The first kappa shape index (κ1) is 10.8. The van der Waals surface area contributed by atoms with Gasteiger partial charge in [-0.25, -0.2) is 0 Å². The Morgan fingerprint density at radius 1 is 1.58 bits per heavy atom. The van der Waals surface area contributed by atoms with Crippen molar-refractivity contribution in [2.75, 3.05) is 13.1 Å². The van der Waals surface area contributed by atoms with Gasteiger partial charge in [-0.15, -0.1) is 0 Å². The Bertz CT molecular complexity index is 297. The summed E-state index contributed by atoms with van der Waals surface area (Å²) >= 11 is 0. The number of nitrogens with one attached hydrogen (secondary N) is 1. The van der Waals surface area contributed by atoms with Gasteiger partial charge in [0.2, 0.25) is 5.91 Å². The van der Waals surface area contributed by atoms with Crippen molar-refractivity contribution in [1.29, 1.82) is 0 Å². The van der Waals surface area contributed by atoms with Gasteiger partial charge < -0.3 is 5.32 Å². The van der Waals surface area contributed by atoms with Crippen molar-refractivity contribution in [3.8, 4) is 0 Å². The predicted molar refractivity (Wildman–Crippen MR) is 44.0 cm³/mol. The number of nitrogens with zero attached hydrogens (tertiary/aromatic N) is 1. The first-order valence-electron chi connectivity index (χ1n) is 3.24. The predicted octanol–water partition coefficient (Wildman–Crippen LogP) is -0.259. The van der Waals surface area contributed by atoms with E-state index in [2.05, 4.69) is 16.3 Å². The third-order valence-corrected chi connectivity index (χ3v) is 1.38. The highest BCUT2D eigenvalue weighted by Crippen LogP contribution is 1.83. The number of carbonyl (C=O) groups is 1. The van der Waals surface area contributed by atoms with E-state index in [1.165, 1.54) is 0 Å². The third-order valence-electron chi connectivity index (χ3n) is 0.982. The van der Waals surface area contributed by atoms with Crippen molar-refractivity contribution in [1.82, 2.24) is 5.32 Å². The fourth-order valence-electron chi connectivity index (χ4n) is 0.441. The van der Waals surface area contributed by atoms with E-state index in [0.717, 1.165) is 0 Å². The molecule has 1 N–H and O–H groups in total. The van der Waals surface area contributed by atoms with Crippen LogP contribution in [-0.4, -0.2) is 27.4 Å². The second kappa shape index (κ2) is 5.48. The van der Waals surface area contributed by atoms with Crippen LogP contribution in [-0.2, 0) is 15.3 Å². The zero-order valence-corrected chi connectivity index (χ0v) is 7.52. The molecule has 0 aromatic rings. The third kappa shape index (κ3) is 5.60. The molecule has 0 aliphatic carbocycles. The summed E-state index contributed by atoms with van der Waals surface area (Å²) in [6.07, 6.45) is 0. The molecule has 0 saturated carbocycles. The SMILES string of the molecule is C=C(C)C(=O)NCCN=S(=O)=O. The van der Waals surface area contributed by atoms with Crippen molar-refractivity contribution in [2.24, 2.45) is 4.36 Å². The summed E-state index contributed by atoms with van der Waals surface area (Å²) in [5.74, 6) is -0.290. The van der Waals surface area contributed by atoms with Gasteiger partial charge in [0, 0.05) is 12.1 Å². The van der Waals surface area contributed by atoms with Crippen LogP contribution in [0.5, 0.6) is 0 Å². The van der Waals surface area contributed by atoms with Crippen LogP contribution in [0.25, 0.3) is 0 Å². The summed E-state index contributed by atoms with van der Waals surface area (Å²) < 4.78 is 22.9. The molecule has 0 heterocycles. The summed E-state index contributed by atoms with van der Waals surface area (Å²) in [5, 5.41) is 2.43. The first-order valence-corrected chi connectivity index (χ1v) is 4.28. The minimum atomic E-state index is -2.39. The molecule has 0 aromatic carbocycles. The zero-order chi connectivity index (χ0) is 9.56. The average Bonchev–Trinajstić information content (AvgIpc) is 1.97. The fraction of sp³-hybridized carbons (Fsp3) is 0.500. The largest absolute Gasteiger partial charge is 0.350 e. The van der Waals surface area contributed by atoms with Gasteiger partial charge in [-0.1, -0.05) is 6.58 Å². The summed E-state index contributed by atoms with van der Waals surface area (Å²) in [6.45, 7) is 5.24. The zero-order valence-electron chi connectivity index (χ0n) is 6.70. The average molecular weight is 190 g/mol. The van der Waals surface area contributed by atoms with E-state index in [1.807, 2.05) is 0 Å². The molecule has 0 rings (SSSR count). The minimum absolute atomic E-state index is 0.0646. The lowest BCUT2D eigenvalue weighted by molar-refractivity contribution is -0.117. The lowest BCUT2D eigenvalue weighted by Gasteiger charge is -1.99. The standard InChI is InChI=1S/C6H10N2O3S/c1-5(2)6(9)7-3-4-8-12(10)11/h1,3-4H2,2H3,(H,7,9). The van der Waals surface area contributed by atoms with Gasteiger partial charge >= 0.3 is 10.5 Å². The van der Waals surface area contributed by atoms with E-state index in [4.69, 9.17) is 0 Å². The second-order valence-electron chi connectivity index (χ2n) is 2.11. The van der Waals surface area contributed by atoms with Gasteiger partial charge in [0.25, 0.3) is 0 Å². The summed E-state index contributed by atoms with van der Waals surface area (Å²) in [5.41, 5.74) is 0.387. The van der Waals surface area contributed by atoms with Crippen LogP contribution in [0, 0.1) is 0 Å². The van der Waals surface area contributed by atoms with Gasteiger partial charge in [-0.05, 0) is 6.92 Å². The monoisotopic (exact) mass is 190 g/mol. The van der Waals surface area contributed by atoms with E-state index in [0.29, 0.717) is 5.57 Å². The molecule has 12 heavy (non-hydrogen) atoms. The Balaban J connectivity index is 3.65. The van der Waals surface area contributed by atoms with Crippen LogP contribution >= 0.6 is 0 Å². The molecule has 0 atom stereocenters. The molecule has 0 aliphatic rings. The fourth-order valence-corrected chi connectivity index (χ4v) is 0.681. The van der Waals surface area contributed by atoms with Crippen LogP contribution in [0.4, 0.5) is 0 Å². The lowest BCUT2D eigenvalue weighted by atomic mass is 10.3. The van der Waals surface area contributed by atoms with Crippen LogP contribution in [0.2, 0.25) is 0 Å². The molecule has 1 amide bonds. The summed E-state index contributed by atoms with van der Waals surface area (Å²) in [4.78, 5) is 10.8. The van der Waals surface area contributed by atoms with Crippen molar-refractivity contribution in [3.63, 3.8) is 0 Å². The van der Waals surface area contributed by atoms with Crippen molar-refractivity contribution in [2.45, 2.75) is 6.92 Å². The van der Waals surface area contributed by atoms with Crippen LogP contribution in [0.3, 0.4) is 0 Å². The Kier molecular flexibility index (Phi) is 4.94. The van der Waals surface area contributed by atoms with E-state index >= 15 is 0 Å². The van der Waals surface area contributed by atoms with Gasteiger partial charge in [0.1, 0.15) is 0 Å².